The van der Waals surface area contributed by atoms with Crippen molar-refractivity contribution in [3.63, 3.8) is 0 Å². The first-order valence-electron chi connectivity index (χ1n) is 10.1. The van der Waals surface area contributed by atoms with Gasteiger partial charge in [-0.15, -0.1) is 0 Å². The molecule has 0 radical (unpaired) electrons. The van der Waals surface area contributed by atoms with Gasteiger partial charge in [0.05, 0.1) is 9.79 Å². The smallest absolute Gasteiger partial charge is 0.200 e. The molecule has 0 spiro atoms. The Kier molecular flexibility index (Phi) is 6.26. The minimum atomic E-state index is -4.44. The maximum atomic E-state index is 13.8. The lowest BCUT2D eigenvalue weighted by atomic mass is 9.99. The van der Waals surface area contributed by atoms with Gasteiger partial charge in [-0.3, -0.25) is 4.79 Å². The molecule has 0 aliphatic heterocycles. The van der Waals surface area contributed by atoms with Gasteiger partial charge in [0.1, 0.15) is 0 Å². The van der Waals surface area contributed by atoms with Crippen LogP contribution in [0, 0.1) is 0 Å². The Morgan fingerprint density at radius 3 is 1.39 bits per heavy atom. The van der Waals surface area contributed by atoms with Crippen molar-refractivity contribution in [3.8, 4) is 0 Å². The molecule has 4 rings (SSSR count). The average Bonchev–Trinajstić information content (AvgIpc) is 2.85. The summed E-state index contributed by atoms with van der Waals surface area (Å²) in [5.41, 5.74) is 0.268. The van der Waals surface area contributed by atoms with E-state index in [1.165, 1.54) is 66.7 Å². The topological polar surface area (TPSA) is 85.3 Å². The van der Waals surface area contributed by atoms with Gasteiger partial charge in [0, 0.05) is 11.1 Å². The highest BCUT2D eigenvalue weighted by molar-refractivity contribution is 8.08. The summed E-state index contributed by atoms with van der Waals surface area (Å²) in [5.74, 6) is -0.456. The van der Waals surface area contributed by atoms with Crippen molar-refractivity contribution in [1.29, 1.82) is 0 Å². The number of sulfone groups is 2. The second kappa shape index (κ2) is 9.13. The summed E-state index contributed by atoms with van der Waals surface area (Å²) < 4.78 is 53.1. The van der Waals surface area contributed by atoms with Crippen LogP contribution in [-0.4, -0.2) is 22.6 Å². The largest absolute Gasteiger partial charge is 0.289 e. The summed E-state index contributed by atoms with van der Waals surface area (Å²) >= 11 is 0. The van der Waals surface area contributed by atoms with Gasteiger partial charge in [0.25, 0.3) is 0 Å². The monoisotopic (exact) mass is 476 g/mol. The van der Waals surface area contributed by atoms with Gasteiger partial charge in [0.15, 0.2) is 30.0 Å². The van der Waals surface area contributed by atoms with Crippen molar-refractivity contribution in [2.45, 2.75) is 14.4 Å². The summed E-state index contributed by atoms with van der Waals surface area (Å²) in [4.78, 5) is 13.0. The Hall–Kier alpha value is -3.55. The normalized spacial score (nSPS) is 11.9. The standard InChI is InChI=1S/C26H20O5S2/c27-25(20-12-4-1-5-13-20)23-18-10-11-19-24(23)26(32(28,29)21-14-6-2-7-15-21)33(30,31)22-16-8-3-9-17-22/h1-19,26H. The Balaban J connectivity index is 1.99. The molecule has 0 N–H and O–H groups in total. The van der Waals surface area contributed by atoms with E-state index in [0.29, 0.717) is 5.56 Å². The van der Waals surface area contributed by atoms with Crippen LogP contribution in [0.5, 0.6) is 0 Å². The molecule has 0 fully saturated rings. The second-order valence-corrected chi connectivity index (χ2v) is 11.7. The molecule has 0 aliphatic carbocycles. The van der Waals surface area contributed by atoms with E-state index in [-0.39, 0.29) is 20.9 Å². The maximum Gasteiger partial charge on any atom is 0.200 e. The van der Waals surface area contributed by atoms with Gasteiger partial charge in [-0.25, -0.2) is 16.8 Å². The Morgan fingerprint density at radius 2 is 0.909 bits per heavy atom. The van der Waals surface area contributed by atoms with Crippen LogP contribution in [0.2, 0.25) is 0 Å². The number of hydrogen-bond acceptors (Lipinski definition) is 5. The predicted molar refractivity (Wildman–Crippen MR) is 126 cm³/mol. The minimum Gasteiger partial charge on any atom is -0.289 e. The van der Waals surface area contributed by atoms with Crippen LogP contribution < -0.4 is 0 Å². The van der Waals surface area contributed by atoms with Gasteiger partial charge in [-0.1, -0.05) is 91.0 Å². The highest BCUT2D eigenvalue weighted by Crippen LogP contribution is 2.39. The molecular formula is C26H20O5S2. The molecule has 0 saturated carbocycles. The zero-order valence-electron chi connectivity index (χ0n) is 17.4. The van der Waals surface area contributed by atoms with Gasteiger partial charge in [-0.05, 0) is 29.8 Å². The molecule has 0 aromatic heterocycles. The average molecular weight is 477 g/mol. The number of benzene rings is 4. The van der Waals surface area contributed by atoms with Crippen LogP contribution in [0.25, 0.3) is 0 Å². The van der Waals surface area contributed by atoms with Crippen LogP contribution in [0.15, 0.2) is 125 Å². The van der Waals surface area contributed by atoms with E-state index in [2.05, 4.69) is 0 Å². The van der Waals surface area contributed by atoms with E-state index in [4.69, 9.17) is 0 Å². The molecule has 0 saturated heterocycles. The molecule has 33 heavy (non-hydrogen) atoms. The Bertz CT molecular complexity index is 1410. The van der Waals surface area contributed by atoms with E-state index < -0.39 is 30.0 Å². The molecule has 5 nitrogen and oxygen atoms in total. The lowest BCUT2D eigenvalue weighted by Crippen LogP contribution is -2.25. The highest BCUT2D eigenvalue weighted by Gasteiger charge is 2.43. The molecule has 0 unspecified atom stereocenters. The van der Waals surface area contributed by atoms with Gasteiger partial charge < -0.3 is 0 Å². The third-order valence-corrected chi connectivity index (χ3v) is 10.2. The molecule has 0 bridgehead atoms. The third kappa shape index (κ3) is 4.37. The maximum absolute atomic E-state index is 13.8. The molecule has 0 amide bonds. The lowest BCUT2D eigenvalue weighted by molar-refractivity contribution is 0.103. The van der Waals surface area contributed by atoms with E-state index >= 15 is 0 Å². The minimum absolute atomic E-state index is 0.0210. The number of ketones is 1. The molecule has 4 aromatic rings. The summed E-state index contributed by atoms with van der Waals surface area (Å²) in [5, 5.41) is 0. The number of carbonyl (C=O) groups excluding carboxylic acids is 1. The van der Waals surface area contributed by atoms with Crippen molar-refractivity contribution in [2.24, 2.45) is 0 Å². The SMILES string of the molecule is O=C(c1ccccc1)c1ccccc1C(S(=O)(=O)c1ccccc1)S(=O)(=O)c1ccccc1. The molecule has 0 heterocycles. The van der Waals surface area contributed by atoms with Crippen molar-refractivity contribution in [3.05, 3.63) is 132 Å². The summed E-state index contributed by atoms with van der Waals surface area (Å²) in [7, 11) is -8.88. The van der Waals surface area contributed by atoms with E-state index in [0.717, 1.165) is 0 Å². The molecule has 4 aromatic carbocycles. The molecule has 0 aliphatic rings. The van der Waals surface area contributed by atoms with Gasteiger partial charge in [0.2, 0.25) is 0 Å². The Labute approximate surface area is 193 Å². The van der Waals surface area contributed by atoms with Crippen molar-refractivity contribution >= 4 is 25.5 Å². The lowest BCUT2D eigenvalue weighted by Gasteiger charge is -2.21. The molecular weight excluding hydrogens is 456 g/mol. The first-order chi connectivity index (χ1) is 15.8. The van der Waals surface area contributed by atoms with Crippen molar-refractivity contribution in [1.82, 2.24) is 0 Å². The third-order valence-electron chi connectivity index (χ3n) is 5.20. The quantitative estimate of drug-likeness (QED) is 0.356. The van der Waals surface area contributed by atoms with E-state index in [9.17, 15) is 21.6 Å². The summed E-state index contributed by atoms with van der Waals surface area (Å²) in [6, 6.07) is 29.1. The molecule has 7 heteroatoms. The van der Waals surface area contributed by atoms with Gasteiger partial charge in [-0.2, -0.15) is 0 Å². The van der Waals surface area contributed by atoms with Crippen LogP contribution in [0.1, 0.15) is 26.1 Å². The van der Waals surface area contributed by atoms with Crippen molar-refractivity contribution < 1.29 is 21.6 Å². The number of hydrogen-bond donors (Lipinski definition) is 0. The first kappa shape index (κ1) is 22.6. The van der Waals surface area contributed by atoms with Crippen molar-refractivity contribution in [2.75, 3.05) is 0 Å². The highest BCUT2D eigenvalue weighted by atomic mass is 32.3. The summed E-state index contributed by atoms with van der Waals surface area (Å²) in [6.07, 6.45) is 0. The van der Waals surface area contributed by atoms with Crippen LogP contribution in [-0.2, 0) is 19.7 Å². The molecule has 0 atom stereocenters. The van der Waals surface area contributed by atoms with Crippen LogP contribution >= 0.6 is 0 Å². The second-order valence-electron chi connectivity index (χ2n) is 7.33. The fourth-order valence-electron chi connectivity index (χ4n) is 3.62. The van der Waals surface area contributed by atoms with Crippen LogP contribution in [0.3, 0.4) is 0 Å². The van der Waals surface area contributed by atoms with Gasteiger partial charge >= 0.3 is 0 Å². The number of rotatable bonds is 7. The van der Waals surface area contributed by atoms with E-state index in [1.54, 1.807) is 48.5 Å². The van der Waals surface area contributed by atoms with Crippen LogP contribution in [0.4, 0.5) is 0 Å². The fourth-order valence-corrected chi connectivity index (χ4v) is 8.27. The predicted octanol–water partition coefficient (Wildman–Crippen LogP) is 4.86. The summed E-state index contributed by atoms with van der Waals surface area (Å²) in [6.45, 7) is 0. The Morgan fingerprint density at radius 1 is 0.515 bits per heavy atom. The van der Waals surface area contributed by atoms with E-state index in [1.807, 2.05) is 0 Å². The molecule has 166 valence electrons. The number of carbonyl (C=O) groups is 1. The first-order valence-corrected chi connectivity index (χ1v) is 13.2. The zero-order valence-corrected chi connectivity index (χ0v) is 19.0. The fraction of sp³-hybridized carbons (Fsp3) is 0.0385. The zero-order chi connectivity index (χ0) is 23.5.